The predicted octanol–water partition coefficient (Wildman–Crippen LogP) is 4.21. The number of urea groups is 1. The Kier molecular flexibility index (Phi) is 7.60. The topological polar surface area (TPSA) is 78.7 Å². The summed E-state index contributed by atoms with van der Waals surface area (Å²) in [4.78, 5) is 25.0. The van der Waals surface area contributed by atoms with Crippen molar-refractivity contribution < 1.29 is 22.8 Å². The lowest BCUT2D eigenvalue weighted by Gasteiger charge is -2.25. The molecule has 162 valence electrons. The molecule has 0 heterocycles. The van der Waals surface area contributed by atoms with Crippen molar-refractivity contribution in [3.8, 4) is 0 Å². The predicted molar refractivity (Wildman–Crippen MR) is 114 cm³/mol. The van der Waals surface area contributed by atoms with Gasteiger partial charge in [-0.1, -0.05) is 18.9 Å². The molecule has 30 heavy (non-hydrogen) atoms. The lowest BCUT2D eigenvalue weighted by Crippen LogP contribution is -2.33. The lowest BCUT2D eigenvalue weighted by molar-refractivity contribution is -0.137. The summed E-state index contributed by atoms with van der Waals surface area (Å²) in [5.41, 5.74) is 5.47. The van der Waals surface area contributed by atoms with E-state index in [9.17, 15) is 22.8 Å². The second kappa shape index (κ2) is 9.75. The van der Waals surface area contributed by atoms with Gasteiger partial charge in [-0.25, -0.2) is 9.10 Å². The van der Waals surface area contributed by atoms with Crippen LogP contribution in [-0.2, 0) is 12.7 Å². The van der Waals surface area contributed by atoms with Gasteiger partial charge >= 0.3 is 12.2 Å². The van der Waals surface area contributed by atoms with Crippen LogP contribution in [0.2, 0.25) is 0 Å². The lowest BCUT2D eigenvalue weighted by atomic mass is 10.1. The molecule has 0 aliphatic carbocycles. The van der Waals surface area contributed by atoms with Gasteiger partial charge in [0, 0.05) is 30.9 Å². The van der Waals surface area contributed by atoms with Crippen molar-refractivity contribution in [2.24, 2.45) is 5.73 Å². The van der Waals surface area contributed by atoms with E-state index in [1.807, 2.05) is 0 Å². The number of amides is 3. The number of nitrogens with zero attached hydrogens (tertiary/aromatic N) is 2. The number of hydrogen-bond donors (Lipinski definition) is 3. The first-order valence-corrected chi connectivity index (χ1v) is 9.60. The molecule has 0 aromatic heterocycles. The van der Waals surface area contributed by atoms with E-state index < -0.39 is 23.7 Å². The molecule has 0 spiro atoms. The third-order valence-corrected chi connectivity index (χ3v) is 4.92. The SMILES string of the molecule is CCN(CC)c1ccc(CNC(=O)N(S)c2ccc(C(N)=O)cc2)cc1C(F)(F)F. The zero-order valence-electron chi connectivity index (χ0n) is 16.5. The molecular formula is C20H23F3N4O2S. The number of rotatable bonds is 7. The summed E-state index contributed by atoms with van der Waals surface area (Å²) < 4.78 is 41.6. The van der Waals surface area contributed by atoms with Gasteiger partial charge in [0.25, 0.3) is 0 Å². The van der Waals surface area contributed by atoms with E-state index in [0.717, 1.165) is 10.4 Å². The average Bonchev–Trinajstić information content (AvgIpc) is 2.72. The number of alkyl halides is 3. The summed E-state index contributed by atoms with van der Waals surface area (Å²) in [6.07, 6.45) is -4.52. The molecule has 0 unspecified atom stereocenters. The molecule has 2 rings (SSSR count). The minimum absolute atomic E-state index is 0.105. The molecule has 0 aliphatic heterocycles. The van der Waals surface area contributed by atoms with Gasteiger partial charge in [-0.3, -0.25) is 4.79 Å². The van der Waals surface area contributed by atoms with Crippen LogP contribution < -0.4 is 20.3 Å². The minimum Gasteiger partial charge on any atom is -0.372 e. The molecule has 3 amide bonds. The van der Waals surface area contributed by atoms with Gasteiger partial charge in [-0.2, -0.15) is 13.2 Å². The molecule has 0 bridgehead atoms. The number of nitrogens with one attached hydrogen (secondary N) is 1. The quantitative estimate of drug-likeness (QED) is 0.565. The molecule has 3 N–H and O–H groups in total. The van der Waals surface area contributed by atoms with Gasteiger partial charge in [-0.05, 0) is 55.8 Å². The molecule has 0 radical (unpaired) electrons. The van der Waals surface area contributed by atoms with Crippen molar-refractivity contribution >= 4 is 36.1 Å². The first kappa shape index (κ1) is 23.4. The fraction of sp³-hybridized carbons (Fsp3) is 0.300. The molecule has 2 aromatic carbocycles. The molecule has 0 fully saturated rings. The zero-order valence-corrected chi connectivity index (χ0v) is 17.4. The van der Waals surface area contributed by atoms with Crippen molar-refractivity contribution in [3.63, 3.8) is 0 Å². The van der Waals surface area contributed by atoms with E-state index in [1.54, 1.807) is 24.8 Å². The second-order valence-electron chi connectivity index (χ2n) is 6.40. The van der Waals surface area contributed by atoms with Crippen LogP contribution in [0.25, 0.3) is 0 Å². The second-order valence-corrected chi connectivity index (χ2v) is 6.80. The summed E-state index contributed by atoms with van der Waals surface area (Å²) in [5.74, 6) is -0.606. The maximum atomic E-state index is 13.5. The van der Waals surface area contributed by atoms with Crippen molar-refractivity contribution in [2.75, 3.05) is 22.3 Å². The van der Waals surface area contributed by atoms with Crippen molar-refractivity contribution in [3.05, 3.63) is 59.2 Å². The van der Waals surface area contributed by atoms with Crippen molar-refractivity contribution in [1.29, 1.82) is 0 Å². The fourth-order valence-electron chi connectivity index (χ4n) is 2.90. The molecule has 0 aliphatic rings. The molecule has 0 atom stereocenters. The van der Waals surface area contributed by atoms with E-state index in [0.29, 0.717) is 24.3 Å². The zero-order chi connectivity index (χ0) is 22.5. The van der Waals surface area contributed by atoms with E-state index in [4.69, 9.17) is 5.73 Å². The molecule has 2 aromatic rings. The van der Waals surface area contributed by atoms with E-state index in [2.05, 4.69) is 18.1 Å². The molecule has 6 nitrogen and oxygen atoms in total. The van der Waals surface area contributed by atoms with Crippen LogP contribution in [0.5, 0.6) is 0 Å². The molecule has 0 saturated heterocycles. The highest BCUT2D eigenvalue weighted by molar-refractivity contribution is 7.82. The Morgan fingerprint density at radius 3 is 2.17 bits per heavy atom. The number of thiol groups is 1. The maximum absolute atomic E-state index is 13.5. The highest BCUT2D eigenvalue weighted by Crippen LogP contribution is 2.37. The summed E-state index contributed by atoms with van der Waals surface area (Å²) >= 11 is 4.10. The first-order valence-electron chi connectivity index (χ1n) is 9.20. The van der Waals surface area contributed by atoms with E-state index in [1.165, 1.54) is 30.3 Å². The van der Waals surface area contributed by atoms with Gasteiger partial charge in [-0.15, -0.1) is 0 Å². The Labute approximate surface area is 178 Å². The van der Waals surface area contributed by atoms with Crippen molar-refractivity contribution in [1.82, 2.24) is 5.32 Å². The normalized spacial score (nSPS) is 11.1. The average molecular weight is 440 g/mol. The molecule has 0 saturated carbocycles. The number of benzene rings is 2. The number of halogens is 3. The number of carbonyl (C=O) groups excluding carboxylic acids is 2. The van der Waals surface area contributed by atoms with Crippen LogP contribution in [0, 0.1) is 0 Å². The molecule has 10 heteroatoms. The van der Waals surface area contributed by atoms with Gasteiger partial charge in [0.15, 0.2) is 0 Å². The van der Waals surface area contributed by atoms with Gasteiger partial charge in [0.2, 0.25) is 5.91 Å². The van der Waals surface area contributed by atoms with Crippen LogP contribution >= 0.6 is 12.8 Å². The Balaban J connectivity index is 2.14. The summed E-state index contributed by atoms with van der Waals surface area (Å²) in [7, 11) is 0. The Hall–Kier alpha value is -2.88. The number of primary amides is 1. The Morgan fingerprint density at radius 1 is 1.07 bits per heavy atom. The van der Waals surface area contributed by atoms with E-state index >= 15 is 0 Å². The number of hydrogen-bond acceptors (Lipinski definition) is 4. The monoisotopic (exact) mass is 440 g/mol. The van der Waals surface area contributed by atoms with Crippen LogP contribution in [0.4, 0.5) is 29.3 Å². The van der Waals surface area contributed by atoms with Crippen LogP contribution in [-0.4, -0.2) is 25.0 Å². The van der Waals surface area contributed by atoms with Gasteiger partial charge in [0.05, 0.1) is 11.3 Å². The summed E-state index contributed by atoms with van der Waals surface area (Å²) in [6.45, 7) is 4.35. The number of anilines is 2. The summed E-state index contributed by atoms with van der Waals surface area (Å²) in [5, 5.41) is 2.53. The highest BCUT2D eigenvalue weighted by Gasteiger charge is 2.34. The largest absolute Gasteiger partial charge is 0.418 e. The summed E-state index contributed by atoms with van der Waals surface area (Å²) in [6, 6.07) is 9.21. The minimum atomic E-state index is -4.52. The number of nitrogens with two attached hydrogens (primary N) is 1. The highest BCUT2D eigenvalue weighted by atomic mass is 32.1. The van der Waals surface area contributed by atoms with Crippen molar-refractivity contribution in [2.45, 2.75) is 26.6 Å². The third kappa shape index (κ3) is 5.59. The van der Waals surface area contributed by atoms with Crippen LogP contribution in [0.15, 0.2) is 42.5 Å². The maximum Gasteiger partial charge on any atom is 0.418 e. The smallest absolute Gasteiger partial charge is 0.372 e. The van der Waals surface area contributed by atoms with E-state index in [-0.39, 0.29) is 17.8 Å². The first-order chi connectivity index (χ1) is 14.1. The van der Waals surface area contributed by atoms with Gasteiger partial charge < -0.3 is 16.0 Å². The van der Waals surface area contributed by atoms with Gasteiger partial charge in [0.1, 0.15) is 0 Å². The fourth-order valence-corrected chi connectivity index (χ4v) is 3.10. The number of carbonyl (C=O) groups is 2. The molecular weight excluding hydrogens is 417 g/mol. The Bertz CT molecular complexity index is 900. The Morgan fingerprint density at radius 2 is 1.67 bits per heavy atom. The third-order valence-electron chi connectivity index (χ3n) is 4.50. The van der Waals surface area contributed by atoms with Crippen LogP contribution in [0.3, 0.4) is 0 Å². The standard InChI is InChI=1S/C20H23F3N4O2S/c1-3-26(4-2)17-10-5-13(11-16(17)20(21,22)23)12-25-19(29)27(30)15-8-6-14(7-9-15)18(24)28/h5-11,30H,3-4,12H2,1-2H3,(H2,24,28)(H,25,29). The van der Waals surface area contributed by atoms with Crippen LogP contribution in [0.1, 0.15) is 35.3 Å².